The Morgan fingerprint density at radius 2 is 1.37 bits per heavy atom. The monoisotopic (exact) mass is 524 g/mol. The summed E-state index contributed by atoms with van der Waals surface area (Å²) < 4.78 is 2.28. The molecule has 1 unspecified atom stereocenters. The minimum absolute atomic E-state index is 0.0294. The largest absolute Gasteiger partial charge is 0.348 e. The van der Waals surface area contributed by atoms with Gasteiger partial charge in [-0.2, -0.15) is 0 Å². The van der Waals surface area contributed by atoms with Crippen LogP contribution in [0.1, 0.15) is 34.5 Å². The van der Waals surface area contributed by atoms with Crippen LogP contribution in [0.2, 0.25) is 5.02 Å². The van der Waals surface area contributed by atoms with E-state index in [1.54, 1.807) is 0 Å². The maximum absolute atomic E-state index is 13.6. The number of carbonyl (C=O) groups excluding carboxylic acids is 1. The molecule has 6 heteroatoms. The molecule has 38 heavy (non-hydrogen) atoms. The summed E-state index contributed by atoms with van der Waals surface area (Å²) in [5, 5.41) is 0.742. The predicted molar refractivity (Wildman–Crippen MR) is 152 cm³/mol. The van der Waals surface area contributed by atoms with Crippen molar-refractivity contribution in [3.05, 3.63) is 131 Å². The third-order valence-corrected chi connectivity index (χ3v) is 8.28. The Bertz CT molecular complexity index is 1330. The molecule has 0 N–H and O–H groups in total. The predicted octanol–water partition coefficient (Wildman–Crippen LogP) is 5.48. The summed E-state index contributed by atoms with van der Waals surface area (Å²) in [6.45, 7) is 5.23. The second-order valence-corrected chi connectivity index (χ2v) is 10.6. The van der Waals surface area contributed by atoms with Gasteiger partial charge in [0.15, 0.2) is 0 Å². The van der Waals surface area contributed by atoms with Gasteiger partial charge in [0.1, 0.15) is 0 Å². The Hall–Kier alpha value is -3.38. The van der Waals surface area contributed by atoms with E-state index in [9.17, 15) is 4.79 Å². The average Bonchev–Trinajstić information content (AvgIpc) is 3.44. The second kappa shape index (κ2) is 11.2. The number of benzene rings is 3. The van der Waals surface area contributed by atoms with Crippen LogP contribution in [-0.2, 0) is 11.3 Å². The van der Waals surface area contributed by atoms with Gasteiger partial charge < -0.3 is 9.47 Å². The summed E-state index contributed by atoms with van der Waals surface area (Å²) >= 11 is 6.65. The molecule has 0 bridgehead atoms. The molecule has 2 aliphatic rings. The number of nitrogens with zero attached hydrogens (tertiary/aromatic N) is 4. The van der Waals surface area contributed by atoms with Gasteiger partial charge in [-0.15, -0.1) is 0 Å². The number of fused-ring (bicyclic) bond motifs is 1. The van der Waals surface area contributed by atoms with Gasteiger partial charge in [-0.05, 0) is 34.9 Å². The fraction of sp³-hybridized carbons (Fsp3) is 0.281. The highest BCUT2D eigenvalue weighted by atomic mass is 35.5. The molecule has 194 valence electrons. The summed E-state index contributed by atoms with van der Waals surface area (Å²) in [5.41, 5.74) is 4.82. The second-order valence-electron chi connectivity index (χ2n) is 10.2. The van der Waals surface area contributed by atoms with Crippen molar-refractivity contribution in [1.29, 1.82) is 0 Å². The van der Waals surface area contributed by atoms with Gasteiger partial charge in [0.25, 0.3) is 0 Å². The van der Waals surface area contributed by atoms with Crippen molar-refractivity contribution in [2.45, 2.75) is 18.6 Å². The molecule has 0 saturated carbocycles. The van der Waals surface area contributed by atoms with Crippen LogP contribution >= 0.6 is 11.6 Å². The first-order chi connectivity index (χ1) is 18.7. The van der Waals surface area contributed by atoms with Crippen molar-refractivity contribution in [2.75, 3.05) is 39.3 Å². The van der Waals surface area contributed by atoms with Crippen LogP contribution in [0.15, 0.2) is 103 Å². The third-order valence-electron chi connectivity index (χ3n) is 7.94. The van der Waals surface area contributed by atoms with Gasteiger partial charge in [-0.1, -0.05) is 90.5 Å². The van der Waals surface area contributed by atoms with E-state index in [0.717, 1.165) is 49.9 Å². The first-order valence-electron chi connectivity index (χ1n) is 13.4. The van der Waals surface area contributed by atoms with Crippen LogP contribution < -0.4 is 0 Å². The molecule has 1 amide bonds. The van der Waals surface area contributed by atoms with Crippen molar-refractivity contribution in [1.82, 2.24) is 19.3 Å². The van der Waals surface area contributed by atoms with Gasteiger partial charge in [-0.25, -0.2) is 0 Å². The van der Waals surface area contributed by atoms with Crippen LogP contribution in [-0.4, -0.2) is 64.4 Å². The van der Waals surface area contributed by atoms with E-state index >= 15 is 0 Å². The zero-order valence-corrected chi connectivity index (χ0v) is 22.3. The van der Waals surface area contributed by atoms with Crippen LogP contribution in [0.3, 0.4) is 0 Å². The lowest BCUT2D eigenvalue weighted by Crippen LogP contribution is -2.53. The van der Waals surface area contributed by atoms with Gasteiger partial charge in [0, 0.05) is 56.2 Å². The molecular weight excluding hydrogens is 492 g/mol. The Balaban J connectivity index is 1.17. The first-order valence-corrected chi connectivity index (χ1v) is 13.8. The Morgan fingerprint density at radius 3 is 2.03 bits per heavy atom. The number of halogens is 1. The van der Waals surface area contributed by atoms with Gasteiger partial charge in [-0.3, -0.25) is 14.6 Å². The highest BCUT2D eigenvalue weighted by Crippen LogP contribution is 2.36. The molecule has 1 aromatic heterocycles. The molecule has 1 fully saturated rings. The van der Waals surface area contributed by atoms with E-state index < -0.39 is 0 Å². The lowest BCUT2D eigenvalue weighted by Gasteiger charge is -2.42. The van der Waals surface area contributed by atoms with Crippen molar-refractivity contribution in [3.8, 4) is 0 Å². The molecule has 4 aromatic rings. The zero-order valence-electron chi connectivity index (χ0n) is 21.5. The normalized spacial score (nSPS) is 18.5. The molecule has 6 rings (SSSR count). The van der Waals surface area contributed by atoms with E-state index in [-0.39, 0.29) is 18.0 Å². The Labute approximate surface area is 229 Å². The van der Waals surface area contributed by atoms with Crippen molar-refractivity contribution in [2.24, 2.45) is 0 Å². The van der Waals surface area contributed by atoms with Crippen LogP contribution in [0.4, 0.5) is 0 Å². The van der Waals surface area contributed by atoms with Crippen LogP contribution in [0.25, 0.3) is 0 Å². The summed E-state index contributed by atoms with van der Waals surface area (Å²) in [5.74, 6) is 0.192. The number of amides is 1. The number of hydrogen-bond donors (Lipinski definition) is 0. The molecule has 0 aliphatic carbocycles. The van der Waals surface area contributed by atoms with E-state index in [1.807, 2.05) is 23.1 Å². The molecule has 1 atom stereocenters. The molecule has 3 aromatic carbocycles. The van der Waals surface area contributed by atoms with E-state index in [4.69, 9.17) is 11.6 Å². The van der Waals surface area contributed by atoms with Gasteiger partial charge in [0.2, 0.25) is 5.91 Å². The van der Waals surface area contributed by atoms with Crippen LogP contribution in [0, 0.1) is 0 Å². The minimum Gasteiger partial charge on any atom is -0.348 e. The summed E-state index contributed by atoms with van der Waals surface area (Å²) in [4.78, 5) is 20.5. The number of piperazine rings is 1. The molecule has 5 nitrogen and oxygen atoms in total. The molecular formula is C32H33ClN4O. The highest BCUT2D eigenvalue weighted by Gasteiger charge is 2.34. The average molecular weight is 525 g/mol. The Kier molecular flexibility index (Phi) is 7.32. The fourth-order valence-electron chi connectivity index (χ4n) is 6.04. The molecule has 0 spiro atoms. The highest BCUT2D eigenvalue weighted by molar-refractivity contribution is 6.31. The smallest absolute Gasteiger partial charge is 0.236 e. The standard InChI is InChI=1S/C32H33ClN4O/c33-28-15-8-7-14-27(28)32-29-16-9-17-34(29)18-23-37(32)24-30(38)35-19-21-36(22-20-35)31(25-10-3-1-4-11-25)26-12-5-2-6-13-26/h1-17,31-32H,18-24H2. The van der Waals surface area contributed by atoms with Gasteiger partial charge >= 0.3 is 0 Å². The fourth-order valence-corrected chi connectivity index (χ4v) is 6.28. The minimum atomic E-state index is -0.0294. The SMILES string of the molecule is O=C(CN1CCn2cccc2C1c1ccccc1Cl)N1CCN(C(c2ccccc2)c2ccccc2)CC1. The number of hydrogen-bond acceptors (Lipinski definition) is 3. The number of aromatic nitrogens is 1. The van der Waals surface area contributed by atoms with E-state index in [0.29, 0.717) is 6.54 Å². The van der Waals surface area contributed by atoms with E-state index in [2.05, 4.69) is 99.4 Å². The van der Waals surface area contributed by atoms with Crippen molar-refractivity contribution >= 4 is 17.5 Å². The summed E-state index contributed by atoms with van der Waals surface area (Å²) in [6.07, 6.45) is 2.12. The molecule has 3 heterocycles. The van der Waals surface area contributed by atoms with Gasteiger partial charge in [0.05, 0.1) is 18.6 Å². The summed E-state index contributed by atoms with van der Waals surface area (Å²) in [7, 11) is 0. The van der Waals surface area contributed by atoms with Crippen molar-refractivity contribution < 1.29 is 4.79 Å². The maximum Gasteiger partial charge on any atom is 0.236 e. The Morgan fingerprint density at radius 1 is 0.737 bits per heavy atom. The van der Waals surface area contributed by atoms with Crippen LogP contribution in [0.5, 0.6) is 0 Å². The molecule has 2 aliphatic heterocycles. The first kappa shape index (κ1) is 24.9. The number of carbonyl (C=O) groups is 1. The zero-order chi connectivity index (χ0) is 25.9. The molecule has 0 radical (unpaired) electrons. The number of rotatable bonds is 6. The lowest BCUT2D eigenvalue weighted by molar-refractivity contribution is -0.135. The lowest BCUT2D eigenvalue weighted by atomic mass is 9.96. The summed E-state index contributed by atoms with van der Waals surface area (Å²) in [6, 6.07) is 33.8. The van der Waals surface area contributed by atoms with Crippen molar-refractivity contribution in [3.63, 3.8) is 0 Å². The maximum atomic E-state index is 13.6. The topological polar surface area (TPSA) is 31.7 Å². The third kappa shape index (κ3) is 5.02. The molecule has 1 saturated heterocycles. The quantitative estimate of drug-likeness (QED) is 0.335. The van der Waals surface area contributed by atoms with E-state index in [1.165, 1.54) is 16.8 Å².